The van der Waals surface area contributed by atoms with Crippen LogP contribution in [0.25, 0.3) is 0 Å². The van der Waals surface area contributed by atoms with Gasteiger partial charge >= 0.3 is 0 Å². The van der Waals surface area contributed by atoms with E-state index < -0.39 is 0 Å². The van der Waals surface area contributed by atoms with Gasteiger partial charge in [-0.3, -0.25) is 9.59 Å². The van der Waals surface area contributed by atoms with Crippen LogP contribution in [0.3, 0.4) is 0 Å². The van der Waals surface area contributed by atoms with Gasteiger partial charge in [0.15, 0.2) is 5.76 Å². The predicted octanol–water partition coefficient (Wildman–Crippen LogP) is 2.51. The average molecular weight is 287 g/mol. The molecule has 1 aromatic carbocycles. The molecule has 0 bridgehead atoms. The van der Waals surface area contributed by atoms with E-state index in [4.69, 9.17) is 10.2 Å². The highest BCUT2D eigenvalue weighted by Gasteiger charge is 2.13. The second-order valence-electron chi connectivity index (χ2n) is 4.70. The number of amides is 2. The van der Waals surface area contributed by atoms with Gasteiger partial charge in [0, 0.05) is 18.3 Å². The lowest BCUT2D eigenvalue weighted by Crippen LogP contribution is -2.11. The zero-order valence-corrected chi connectivity index (χ0v) is 11.8. The molecule has 1 aromatic heterocycles. The van der Waals surface area contributed by atoms with Crippen LogP contribution in [0, 0.1) is 0 Å². The molecule has 0 saturated heterocycles. The first-order valence-electron chi connectivity index (χ1n) is 6.50. The maximum absolute atomic E-state index is 12.0. The quantitative estimate of drug-likeness (QED) is 0.804. The minimum atomic E-state index is -0.353. The first-order chi connectivity index (χ1) is 9.95. The zero-order valence-electron chi connectivity index (χ0n) is 11.8. The van der Waals surface area contributed by atoms with Crippen LogP contribution in [0.1, 0.15) is 36.2 Å². The first kappa shape index (κ1) is 14.8. The summed E-state index contributed by atoms with van der Waals surface area (Å²) < 4.78 is 5.36. The van der Waals surface area contributed by atoms with Gasteiger partial charge in [0.25, 0.3) is 5.91 Å². The normalized spacial score (nSPS) is 11.8. The van der Waals surface area contributed by atoms with E-state index in [2.05, 4.69) is 10.6 Å². The minimum absolute atomic E-state index is 0.147. The summed E-state index contributed by atoms with van der Waals surface area (Å²) in [6.45, 7) is 3.21. The fourth-order valence-electron chi connectivity index (χ4n) is 1.75. The first-order valence-corrected chi connectivity index (χ1v) is 6.50. The molecule has 0 aliphatic rings. The number of carbonyl (C=O) groups excluding carboxylic acids is 2. The third kappa shape index (κ3) is 3.93. The van der Waals surface area contributed by atoms with E-state index in [0.29, 0.717) is 17.1 Å². The van der Waals surface area contributed by atoms with E-state index in [1.165, 1.54) is 6.92 Å². The van der Waals surface area contributed by atoms with Crippen LogP contribution in [-0.2, 0) is 4.79 Å². The molecule has 4 N–H and O–H groups in total. The number of nitrogens with one attached hydrogen (secondary N) is 2. The summed E-state index contributed by atoms with van der Waals surface area (Å²) in [5, 5.41) is 5.35. The third-order valence-corrected chi connectivity index (χ3v) is 2.76. The molecule has 0 aliphatic heterocycles. The lowest BCUT2D eigenvalue weighted by Gasteiger charge is -2.06. The van der Waals surface area contributed by atoms with E-state index in [1.807, 2.05) is 0 Å². The SMILES string of the molecule is CC(=O)Nc1ccc(NC(=O)c2ccc(C(C)N)o2)cc1. The monoisotopic (exact) mass is 287 g/mol. The van der Waals surface area contributed by atoms with Gasteiger partial charge in [-0.25, -0.2) is 0 Å². The van der Waals surface area contributed by atoms with Crippen molar-refractivity contribution in [2.24, 2.45) is 5.73 Å². The van der Waals surface area contributed by atoms with Gasteiger partial charge in [-0.2, -0.15) is 0 Å². The van der Waals surface area contributed by atoms with E-state index in [1.54, 1.807) is 43.3 Å². The molecule has 2 aromatic rings. The summed E-state index contributed by atoms with van der Waals surface area (Å²) in [4.78, 5) is 22.9. The molecule has 0 fully saturated rings. The number of anilines is 2. The predicted molar refractivity (Wildman–Crippen MR) is 80.0 cm³/mol. The molecule has 2 rings (SSSR count). The number of rotatable bonds is 4. The summed E-state index contributed by atoms with van der Waals surface area (Å²) in [7, 11) is 0. The Balaban J connectivity index is 2.03. The van der Waals surface area contributed by atoms with Crippen molar-refractivity contribution in [2.45, 2.75) is 19.9 Å². The number of carbonyl (C=O) groups is 2. The average Bonchev–Trinajstić information content (AvgIpc) is 2.90. The highest BCUT2D eigenvalue weighted by atomic mass is 16.4. The molecule has 0 radical (unpaired) electrons. The lowest BCUT2D eigenvalue weighted by atomic mass is 10.2. The smallest absolute Gasteiger partial charge is 0.291 e. The van der Waals surface area contributed by atoms with E-state index >= 15 is 0 Å². The minimum Gasteiger partial charge on any atom is -0.454 e. The van der Waals surface area contributed by atoms with Crippen LogP contribution in [0.4, 0.5) is 11.4 Å². The van der Waals surface area contributed by atoms with Crippen LogP contribution in [0.5, 0.6) is 0 Å². The molecule has 2 amide bonds. The van der Waals surface area contributed by atoms with Crippen LogP contribution in [-0.4, -0.2) is 11.8 Å². The van der Waals surface area contributed by atoms with Crippen LogP contribution < -0.4 is 16.4 Å². The molecule has 6 heteroatoms. The van der Waals surface area contributed by atoms with Gasteiger partial charge in [-0.15, -0.1) is 0 Å². The van der Waals surface area contributed by atoms with Crippen LogP contribution in [0.2, 0.25) is 0 Å². The summed E-state index contributed by atoms with van der Waals surface area (Å²) in [5.41, 5.74) is 6.95. The Hall–Kier alpha value is -2.60. The number of furan rings is 1. The summed E-state index contributed by atoms with van der Waals surface area (Å²) >= 11 is 0. The number of benzene rings is 1. The zero-order chi connectivity index (χ0) is 15.4. The number of hydrogen-bond acceptors (Lipinski definition) is 4. The van der Waals surface area contributed by atoms with E-state index in [9.17, 15) is 9.59 Å². The number of nitrogens with two attached hydrogens (primary N) is 1. The Morgan fingerprint density at radius 2 is 1.62 bits per heavy atom. The number of hydrogen-bond donors (Lipinski definition) is 3. The van der Waals surface area contributed by atoms with Crippen LogP contribution >= 0.6 is 0 Å². The van der Waals surface area contributed by atoms with Gasteiger partial charge in [-0.05, 0) is 43.3 Å². The summed E-state index contributed by atoms with van der Waals surface area (Å²) in [5.74, 6) is 0.259. The highest BCUT2D eigenvalue weighted by molar-refractivity contribution is 6.02. The maximum atomic E-state index is 12.0. The van der Waals surface area contributed by atoms with Gasteiger partial charge < -0.3 is 20.8 Å². The largest absolute Gasteiger partial charge is 0.454 e. The second kappa shape index (κ2) is 6.23. The van der Waals surface area contributed by atoms with Crippen LogP contribution in [0.15, 0.2) is 40.8 Å². The molecule has 0 spiro atoms. The van der Waals surface area contributed by atoms with E-state index in [-0.39, 0.29) is 23.6 Å². The van der Waals surface area contributed by atoms with Crippen molar-refractivity contribution >= 4 is 23.2 Å². The molecule has 6 nitrogen and oxygen atoms in total. The summed E-state index contributed by atoms with van der Waals surface area (Å²) in [6, 6.07) is 9.79. The van der Waals surface area contributed by atoms with Crippen molar-refractivity contribution in [3.63, 3.8) is 0 Å². The maximum Gasteiger partial charge on any atom is 0.291 e. The molecular weight excluding hydrogens is 270 g/mol. The molecule has 1 heterocycles. The van der Waals surface area contributed by atoms with Gasteiger partial charge in [0.1, 0.15) is 5.76 Å². The Labute approximate surface area is 122 Å². The molecule has 110 valence electrons. The molecular formula is C15H17N3O3. The fourth-order valence-corrected chi connectivity index (χ4v) is 1.75. The molecule has 0 saturated carbocycles. The van der Waals surface area contributed by atoms with Gasteiger partial charge in [-0.1, -0.05) is 0 Å². The third-order valence-electron chi connectivity index (χ3n) is 2.76. The van der Waals surface area contributed by atoms with Crippen molar-refractivity contribution in [1.82, 2.24) is 0 Å². The molecule has 1 atom stereocenters. The Morgan fingerprint density at radius 3 is 2.10 bits per heavy atom. The highest BCUT2D eigenvalue weighted by Crippen LogP contribution is 2.17. The molecule has 1 unspecified atom stereocenters. The van der Waals surface area contributed by atoms with Crippen molar-refractivity contribution in [3.05, 3.63) is 47.9 Å². The fraction of sp³-hybridized carbons (Fsp3) is 0.200. The van der Waals surface area contributed by atoms with Crippen molar-refractivity contribution < 1.29 is 14.0 Å². The van der Waals surface area contributed by atoms with Gasteiger partial charge in [0.2, 0.25) is 5.91 Å². The van der Waals surface area contributed by atoms with Crippen molar-refractivity contribution in [1.29, 1.82) is 0 Å². The Bertz CT molecular complexity index is 644. The van der Waals surface area contributed by atoms with Gasteiger partial charge in [0.05, 0.1) is 6.04 Å². The van der Waals surface area contributed by atoms with Crippen molar-refractivity contribution in [2.75, 3.05) is 10.6 Å². The Kier molecular flexibility index (Phi) is 4.39. The molecule has 0 aliphatic carbocycles. The van der Waals surface area contributed by atoms with E-state index in [0.717, 1.165) is 0 Å². The lowest BCUT2D eigenvalue weighted by molar-refractivity contribution is -0.114. The topological polar surface area (TPSA) is 97.4 Å². The summed E-state index contributed by atoms with van der Waals surface area (Å²) in [6.07, 6.45) is 0. The van der Waals surface area contributed by atoms with Crippen molar-refractivity contribution in [3.8, 4) is 0 Å². The molecule has 21 heavy (non-hydrogen) atoms. The second-order valence-corrected chi connectivity index (χ2v) is 4.70. The Morgan fingerprint density at radius 1 is 1.05 bits per heavy atom. The standard InChI is InChI=1S/C15H17N3O3/c1-9(16)13-7-8-14(21-13)15(20)18-12-5-3-11(4-6-12)17-10(2)19/h3-9H,16H2,1-2H3,(H,17,19)(H,18,20).